The summed E-state index contributed by atoms with van der Waals surface area (Å²) >= 11 is 0. The number of methoxy groups -OCH3 is 1. The van der Waals surface area contributed by atoms with E-state index in [-0.39, 0.29) is 18.1 Å². The summed E-state index contributed by atoms with van der Waals surface area (Å²) in [5.74, 6) is -2.15. The van der Waals surface area contributed by atoms with E-state index in [1.165, 1.54) is 13.4 Å². The molecular formula is C27H34O9. The Morgan fingerprint density at radius 2 is 1.86 bits per heavy atom. The lowest BCUT2D eigenvalue weighted by Crippen LogP contribution is -2.74. The summed E-state index contributed by atoms with van der Waals surface area (Å²) in [6, 6.07) is 1.77. The molecule has 0 bridgehead atoms. The Hall–Kier alpha value is -2.23. The van der Waals surface area contributed by atoms with E-state index in [1.54, 1.807) is 12.3 Å². The van der Waals surface area contributed by atoms with Crippen LogP contribution in [0.4, 0.5) is 0 Å². The second-order valence-corrected chi connectivity index (χ2v) is 12.5. The molecule has 4 heterocycles. The zero-order chi connectivity index (χ0) is 26.1. The Bertz CT molecular complexity index is 1140. The lowest BCUT2D eigenvalue weighted by molar-refractivity contribution is -0.238. The number of rotatable bonds is 3. The van der Waals surface area contributed by atoms with Crippen LogP contribution >= 0.6 is 0 Å². The third kappa shape index (κ3) is 2.45. The second kappa shape index (κ2) is 6.99. The number of furan rings is 1. The van der Waals surface area contributed by atoms with Crippen LogP contribution in [0.25, 0.3) is 0 Å². The van der Waals surface area contributed by atoms with Gasteiger partial charge < -0.3 is 28.5 Å². The molecule has 0 amide bonds. The molecule has 10 atom stereocenters. The van der Waals surface area contributed by atoms with Gasteiger partial charge in [-0.2, -0.15) is 0 Å². The molecule has 1 spiro atoms. The van der Waals surface area contributed by atoms with E-state index >= 15 is 0 Å². The van der Waals surface area contributed by atoms with Crippen LogP contribution in [0.5, 0.6) is 0 Å². The van der Waals surface area contributed by atoms with Crippen LogP contribution in [0, 0.1) is 28.1 Å². The highest BCUT2D eigenvalue weighted by Crippen LogP contribution is 2.79. The summed E-state index contributed by atoms with van der Waals surface area (Å²) in [6.07, 6.45) is 0.861. The number of carbonyl (C=O) groups is 3. The lowest BCUT2D eigenvalue weighted by Gasteiger charge is -2.66. The SMILES string of the molecule is COC(=O)C[C@@H]1OC(C)(C)[C@H]2C(=O)[C@H](O)[C@]3(C)[C@@H](CC[C@@]4(C)[C@H](c5ccoc5)OC(=O)[C@@H]5O[C@]534)[C@@]12C. The molecule has 1 aromatic heterocycles. The molecule has 5 fully saturated rings. The van der Waals surface area contributed by atoms with Crippen molar-refractivity contribution in [2.75, 3.05) is 7.11 Å². The van der Waals surface area contributed by atoms with Crippen molar-refractivity contribution < 1.29 is 42.9 Å². The van der Waals surface area contributed by atoms with Crippen LogP contribution in [-0.4, -0.2) is 59.5 Å². The van der Waals surface area contributed by atoms with Crippen LogP contribution < -0.4 is 0 Å². The van der Waals surface area contributed by atoms with E-state index < -0.39 is 69.7 Å². The van der Waals surface area contributed by atoms with Gasteiger partial charge in [0.05, 0.1) is 43.7 Å². The van der Waals surface area contributed by atoms with E-state index in [2.05, 4.69) is 0 Å². The zero-order valence-electron chi connectivity index (χ0n) is 21.5. The molecule has 1 N–H and O–H groups in total. The number of ketones is 1. The van der Waals surface area contributed by atoms with Crippen LogP contribution in [-0.2, 0) is 33.3 Å². The maximum atomic E-state index is 14.1. The van der Waals surface area contributed by atoms with Gasteiger partial charge in [0, 0.05) is 21.8 Å². The summed E-state index contributed by atoms with van der Waals surface area (Å²) < 4.78 is 28.9. The Morgan fingerprint density at radius 1 is 1.14 bits per heavy atom. The predicted molar refractivity (Wildman–Crippen MR) is 122 cm³/mol. The number of aliphatic hydroxyl groups excluding tert-OH is 1. The molecule has 2 aliphatic carbocycles. The standard InChI is InChI=1S/C27H34O9/c1-23(2)18-17(29)19(30)26(5)14(25(18,4)15(35-23)11-16(28)32-6)7-9-24(3)20(13-8-10-33-12-13)34-22(31)21-27(24,26)36-21/h8,10,12,14-15,18-21,30H,7,9,11H2,1-6H3/t14-,15-,18+,19-,20-,21-,24-,25-,26-,27-/m0/s1. The largest absolute Gasteiger partial charge is 0.472 e. The molecule has 5 aliphatic rings. The maximum absolute atomic E-state index is 14.1. The van der Waals surface area contributed by atoms with Gasteiger partial charge in [0.15, 0.2) is 11.9 Å². The van der Waals surface area contributed by atoms with Gasteiger partial charge in [-0.25, -0.2) is 4.79 Å². The Morgan fingerprint density at radius 3 is 2.50 bits per heavy atom. The highest BCUT2D eigenvalue weighted by Gasteiger charge is 2.89. The van der Waals surface area contributed by atoms with Gasteiger partial charge in [0.25, 0.3) is 0 Å². The number of epoxide rings is 1. The summed E-state index contributed by atoms with van der Waals surface area (Å²) in [7, 11) is 1.33. The highest BCUT2D eigenvalue weighted by atomic mass is 16.7. The average Bonchev–Trinajstić information content (AvgIpc) is 3.31. The third-order valence-electron chi connectivity index (χ3n) is 10.7. The minimum atomic E-state index is -1.37. The first-order chi connectivity index (χ1) is 16.8. The summed E-state index contributed by atoms with van der Waals surface area (Å²) in [5.41, 5.74) is -3.91. The fraction of sp³-hybridized carbons (Fsp3) is 0.741. The predicted octanol–water partition coefficient (Wildman–Crippen LogP) is 2.74. The Balaban J connectivity index is 1.52. The van der Waals surface area contributed by atoms with Crippen molar-refractivity contribution in [3.8, 4) is 0 Å². The lowest BCUT2D eigenvalue weighted by atomic mass is 9.37. The third-order valence-corrected chi connectivity index (χ3v) is 10.7. The van der Waals surface area contributed by atoms with Crippen molar-refractivity contribution in [3.63, 3.8) is 0 Å². The molecule has 196 valence electrons. The monoisotopic (exact) mass is 502 g/mol. The molecule has 36 heavy (non-hydrogen) atoms. The second-order valence-electron chi connectivity index (χ2n) is 12.5. The molecule has 0 aromatic carbocycles. The number of aliphatic hydroxyl groups is 1. The first kappa shape index (κ1) is 24.1. The number of fused-ring (bicyclic) bond motifs is 3. The Labute approximate surface area is 209 Å². The molecular weight excluding hydrogens is 468 g/mol. The molecule has 3 saturated heterocycles. The first-order valence-electron chi connectivity index (χ1n) is 12.7. The quantitative estimate of drug-likeness (QED) is 0.491. The van der Waals surface area contributed by atoms with E-state index in [0.717, 1.165) is 5.56 Å². The minimum Gasteiger partial charge on any atom is -0.472 e. The smallest absolute Gasteiger partial charge is 0.339 e. The maximum Gasteiger partial charge on any atom is 0.339 e. The molecule has 3 aliphatic heterocycles. The fourth-order valence-electron chi connectivity index (χ4n) is 9.38. The summed E-state index contributed by atoms with van der Waals surface area (Å²) in [4.78, 5) is 39.7. The van der Waals surface area contributed by atoms with Gasteiger partial charge >= 0.3 is 11.9 Å². The molecule has 1 aromatic rings. The van der Waals surface area contributed by atoms with Crippen molar-refractivity contribution >= 4 is 17.7 Å². The number of ether oxygens (including phenoxy) is 4. The van der Waals surface area contributed by atoms with Crippen molar-refractivity contribution in [1.82, 2.24) is 0 Å². The number of carbonyl (C=O) groups excluding carboxylic acids is 3. The van der Waals surface area contributed by atoms with Crippen LogP contribution in [0.3, 0.4) is 0 Å². The number of cyclic esters (lactones) is 1. The van der Waals surface area contributed by atoms with Gasteiger partial charge in [0.1, 0.15) is 17.8 Å². The first-order valence-corrected chi connectivity index (χ1v) is 12.7. The fourth-order valence-corrected chi connectivity index (χ4v) is 9.38. The summed E-state index contributed by atoms with van der Waals surface area (Å²) in [6.45, 7) is 9.58. The van der Waals surface area contributed by atoms with Gasteiger partial charge in [0.2, 0.25) is 0 Å². The van der Waals surface area contributed by atoms with Gasteiger partial charge in [-0.1, -0.05) is 20.8 Å². The normalized spacial score (nSPS) is 50.3. The van der Waals surface area contributed by atoms with Crippen LogP contribution in [0.1, 0.15) is 65.5 Å². The van der Waals surface area contributed by atoms with E-state index in [4.69, 9.17) is 23.4 Å². The Kier molecular flexibility index (Phi) is 4.69. The number of hydrogen-bond donors (Lipinski definition) is 1. The molecule has 2 saturated carbocycles. The van der Waals surface area contributed by atoms with Crippen molar-refractivity contribution in [3.05, 3.63) is 24.2 Å². The highest BCUT2D eigenvalue weighted by molar-refractivity contribution is 5.91. The van der Waals surface area contributed by atoms with Crippen LogP contribution in [0.2, 0.25) is 0 Å². The number of hydrogen-bond acceptors (Lipinski definition) is 9. The van der Waals surface area contributed by atoms with Gasteiger partial charge in [-0.05, 0) is 38.7 Å². The van der Waals surface area contributed by atoms with Gasteiger partial charge in [-0.15, -0.1) is 0 Å². The van der Waals surface area contributed by atoms with E-state index in [0.29, 0.717) is 12.8 Å². The van der Waals surface area contributed by atoms with Crippen molar-refractivity contribution in [2.24, 2.45) is 28.1 Å². The van der Waals surface area contributed by atoms with Crippen molar-refractivity contribution in [1.29, 1.82) is 0 Å². The van der Waals surface area contributed by atoms with E-state index in [9.17, 15) is 19.5 Å². The molecule has 0 radical (unpaired) electrons. The molecule has 9 nitrogen and oxygen atoms in total. The summed E-state index contributed by atoms with van der Waals surface area (Å²) in [5, 5.41) is 11.8. The van der Waals surface area contributed by atoms with Crippen molar-refractivity contribution in [2.45, 2.75) is 89.5 Å². The van der Waals surface area contributed by atoms with E-state index in [1.807, 2.05) is 34.6 Å². The number of Topliss-reactive ketones (excluding diaryl/α,β-unsaturated/α-hetero) is 1. The topological polar surface area (TPSA) is 125 Å². The number of esters is 2. The average molecular weight is 503 g/mol. The minimum absolute atomic E-state index is 0.00285. The molecule has 6 rings (SSSR count). The molecule has 0 unspecified atom stereocenters. The zero-order valence-corrected chi connectivity index (χ0v) is 21.5. The van der Waals surface area contributed by atoms with Crippen LogP contribution in [0.15, 0.2) is 23.0 Å². The van der Waals surface area contributed by atoms with Gasteiger partial charge in [-0.3, -0.25) is 9.59 Å². The molecule has 9 heteroatoms.